The van der Waals surface area contributed by atoms with E-state index in [2.05, 4.69) is 0 Å². The Balaban J connectivity index is 1.80. The van der Waals surface area contributed by atoms with E-state index in [1.165, 1.54) is 0 Å². The SMILES string of the molecule is CCN(CC)C(=O)C1(c2ccccc2)CC1COS(=O)(=O)c1ccc(C)cc1. The highest BCUT2D eigenvalue weighted by Gasteiger charge is 2.62. The van der Waals surface area contributed by atoms with Gasteiger partial charge in [-0.3, -0.25) is 8.98 Å². The van der Waals surface area contributed by atoms with Gasteiger partial charge in [0.25, 0.3) is 10.1 Å². The molecule has 2 aromatic rings. The molecule has 1 aliphatic rings. The van der Waals surface area contributed by atoms with Gasteiger partial charge in [0.2, 0.25) is 5.91 Å². The lowest BCUT2D eigenvalue weighted by Crippen LogP contribution is -2.40. The van der Waals surface area contributed by atoms with Crippen molar-refractivity contribution in [2.45, 2.75) is 37.5 Å². The number of aryl methyl sites for hydroxylation is 1. The summed E-state index contributed by atoms with van der Waals surface area (Å²) in [7, 11) is -3.85. The molecule has 1 amide bonds. The molecule has 2 atom stereocenters. The summed E-state index contributed by atoms with van der Waals surface area (Å²) in [6, 6.07) is 16.2. The number of carbonyl (C=O) groups excluding carboxylic acids is 1. The van der Waals surface area contributed by atoms with E-state index in [0.29, 0.717) is 19.5 Å². The number of likely N-dealkylation sites (N-methyl/N-ethyl adjacent to an activating group) is 1. The average molecular weight is 402 g/mol. The predicted molar refractivity (Wildman–Crippen MR) is 108 cm³/mol. The molecule has 0 aliphatic heterocycles. The summed E-state index contributed by atoms with van der Waals surface area (Å²) < 4.78 is 30.4. The standard InChI is InChI=1S/C22H27NO4S/c1-4-23(5-2)21(24)22(18-9-7-6-8-10-18)15-19(22)16-27-28(25,26)20-13-11-17(3)12-14-20/h6-14,19H,4-5,15-16H2,1-3H3. The molecule has 6 heteroatoms. The summed E-state index contributed by atoms with van der Waals surface area (Å²) in [6.45, 7) is 7.05. The number of benzene rings is 2. The van der Waals surface area contributed by atoms with Gasteiger partial charge in [0.05, 0.1) is 16.9 Å². The van der Waals surface area contributed by atoms with Crippen molar-refractivity contribution in [3.05, 3.63) is 65.7 Å². The summed E-state index contributed by atoms with van der Waals surface area (Å²) in [4.78, 5) is 15.2. The maximum absolute atomic E-state index is 13.3. The Morgan fingerprint density at radius 2 is 1.68 bits per heavy atom. The van der Waals surface area contributed by atoms with Gasteiger partial charge in [-0.2, -0.15) is 8.42 Å². The van der Waals surface area contributed by atoms with Gasteiger partial charge in [-0.15, -0.1) is 0 Å². The first-order chi connectivity index (χ1) is 13.3. The molecular weight excluding hydrogens is 374 g/mol. The van der Waals surface area contributed by atoms with E-state index in [9.17, 15) is 13.2 Å². The number of carbonyl (C=O) groups is 1. The average Bonchev–Trinajstić information content (AvgIpc) is 3.44. The fourth-order valence-electron chi connectivity index (χ4n) is 3.74. The van der Waals surface area contributed by atoms with E-state index in [4.69, 9.17) is 4.18 Å². The zero-order valence-corrected chi connectivity index (χ0v) is 17.4. The van der Waals surface area contributed by atoms with Gasteiger partial charge < -0.3 is 4.90 Å². The molecule has 2 aromatic carbocycles. The second-order valence-corrected chi connectivity index (χ2v) is 8.88. The van der Waals surface area contributed by atoms with Crippen LogP contribution in [0.15, 0.2) is 59.5 Å². The van der Waals surface area contributed by atoms with E-state index in [1.54, 1.807) is 24.3 Å². The number of amides is 1. The third-order valence-corrected chi connectivity index (χ3v) is 6.86. The zero-order valence-electron chi connectivity index (χ0n) is 16.6. The molecule has 1 aliphatic carbocycles. The molecule has 0 radical (unpaired) electrons. The topological polar surface area (TPSA) is 63.7 Å². The Morgan fingerprint density at radius 3 is 2.25 bits per heavy atom. The second kappa shape index (κ2) is 8.05. The van der Waals surface area contributed by atoms with Crippen molar-refractivity contribution in [3.63, 3.8) is 0 Å². The third kappa shape index (κ3) is 3.84. The first-order valence-corrected chi connectivity index (χ1v) is 11.1. The molecule has 2 unspecified atom stereocenters. The van der Waals surface area contributed by atoms with Crippen LogP contribution >= 0.6 is 0 Å². The largest absolute Gasteiger partial charge is 0.342 e. The highest BCUT2D eigenvalue weighted by Crippen LogP contribution is 2.55. The van der Waals surface area contributed by atoms with Gasteiger partial charge in [-0.25, -0.2) is 0 Å². The first kappa shape index (κ1) is 20.6. The monoisotopic (exact) mass is 401 g/mol. The van der Waals surface area contributed by atoms with Crippen LogP contribution in [0.1, 0.15) is 31.4 Å². The lowest BCUT2D eigenvalue weighted by Gasteiger charge is -2.26. The highest BCUT2D eigenvalue weighted by atomic mass is 32.2. The van der Waals surface area contributed by atoms with Crippen molar-refractivity contribution in [3.8, 4) is 0 Å². The molecular formula is C22H27NO4S. The van der Waals surface area contributed by atoms with Crippen LogP contribution in [0, 0.1) is 12.8 Å². The number of hydrogen-bond acceptors (Lipinski definition) is 4. The summed E-state index contributed by atoms with van der Waals surface area (Å²) in [5, 5.41) is 0. The Morgan fingerprint density at radius 1 is 1.07 bits per heavy atom. The van der Waals surface area contributed by atoms with Crippen molar-refractivity contribution in [2.24, 2.45) is 5.92 Å². The van der Waals surface area contributed by atoms with Crippen LogP contribution in [0.5, 0.6) is 0 Å². The van der Waals surface area contributed by atoms with Gasteiger partial charge in [0.1, 0.15) is 0 Å². The van der Waals surface area contributed by atoms with Crippen LogP contribution in [0.2, 0.25) is 0 Å². The van der Waals surface area contributed by atoms with Crippen LogP contribution in [0.25, 0.3) is 0 Å². The summed E-state index contributed by atoms with van der Waals surface area (Å²) in [5.41, 5.74) is 1.21. The van der Waals surface area contributed by atoms with E-state index in [0.717, 1.165) is 11.1 Å². The fraction of sp³-hybridized carbons (Fsp3) is 0.409. The Hall–Kier alpha value is -2.18. The Kier molecular flexibility index (Phi) is 5.91. The predicted octanol–water partition coefficient (Wildman–Crippen LogP) is 3.53. The molecule has 0 bridgehead atoms. The van der Waals surface area contributed by atoms with Gasteiger partial charge in [0, 0.05) is 19.0 Å². The zero-order chi connectivity index (χ0) is 20.4. The molecule has 3 rings (SSSR count). The van der Waals surface area contributed by atoms with Gasteiger partial charge in [-0.05, 0) is 44.9 Å². The quantitative estimate of drug-likeness (QED) is 0.635. The number of nitrogens with zero attached hydrogens (tertiary/aromatic N) is 1. The van der Waals surface area contributed by atoms with Crippen LogP contribution in [-0.4, -0.2) is 38.9 Å². The first-order valence-electron chi connectivity index (χ1n) is 9.66. The van der Waals surface area contributed by atoms with Crippen LogP contribution < -0.4 is 0 Å². The summed E-state index contributed by atoms with van der Waals surface area (Å²) in [5.74, 6) is -0.117. The maximum atomic E-state index is 13.3. The molecule has 0 aromatic heterocycles. The third-order valence-electron chi connectivity index (χ3n) is 5.56. The lowest BCUT2D eigenvalue weighted by atomic mass is 9.91. The van der Waals surface area contributed by atoms with Crippen molar-refractivity contribution < 1.29 is 17.4 Å². The molecule has 28 heavy (non-hydrogen) atoms. The van der Waals surface area contributed by atoms with Gasteiger partial charge in [0.15, 0.2) is 0 Å². The smallest absolute Gasteiger partial charge is 0.296 e. The van der Waals surface area contributed by atoms with E-state index >= 15 is 0 Å². The molecule has 0 N–H and O–H groups in total. The minimum Gasteiger partial charge on any atom is -0.342 e. The van der Waals surface area contributed by atoms with E-state index in [1.807, 2.05) is 56.0 Å². The van der Waals surface area contributed by atoms with Gasteiger partial charge >= 0.3 is 0 Å². The summed E-state index contributed by atoms with van der Waals surface area (Å²) in [6.07, 6.45) is 0.593. The van der Waals surface area contributed by atoms with Crippen LogP contribution in [-0.2, 0) is 24.5 Å². The Bertz CT molecular complexity index is 921. The van der Waals surface area contributed by atoms with Crippen molar-refractivity contribution >= 4 is 16.0 Å². The fourth-order valence-corrected chi connectivity index (χ4v) is 4.69. The van der Waals surface area contributed by atoms with Crippen LogP contribution in [0.3, 0.4) is 0 Å². The number of hydrogen-bond donors (Lipinski definition) is 0. The van der Waals surface area contributed by atoms with Crippen LogP contribution in [0.4, 0.5) is 0 Å². The van der Waals surface area contributed by atoms with Gasteiger partial charge in [-0.1, -0.05) is 48.0 Å². The molecule has 1 saturated carbocycles. The molecule has 0 heterocycles. The number of rotatable bonds is 8. The van der Waals surface area contributed by atoms with E-state index in [-0.39, 0.29) is 23.3 Å². The maximum Gasteiger partial charge on any atom is 0.296 e. The Labute approximate surface area is 167 Å². The molecule has 0 saturated heterocycles. The molecule has 150 valence electrons. The van der Waals surface area contributed by atoms with Crippen molar-refractivity contribution in [1.82, 2.24) is 4.90 Å². The molecule has 0 spiro atoms. The van der Waals surface area contributed by atoms with Crippen molar-refractivity contribution in [1.29, 1.82) is 0 Å². The lowest BCUT2D eigenvalue weighted by molar-refractivity contribution is -0.134. The summed E-state index contributed by atoms with van der Waals surface area (Å²) >= 11 is 0. The van der Waals surface area contributed by atoms with E-state index < -0.39 is 15.5 Å². The normalized spacial score (nSPS) is 21.3. The molecule has 5 nitrogen and oxygen atoms in total. The molecule has 1 fully saturated rings. The minimum absolute atomic E-state index is 0.00187. The minimum atomic E-state index is -3.85. The second-order valence-electron chi connectivity index (χ2n) is 7.27. The highest BCUT2D eigenvalue weighted by molar-refractivity contribution is 7.86. The van der Waals surface area contributed by atoms with Crippen molar-refractivity contribution in [2.75, 3.05) is 19.7 Å².